The largest absolute Gasteiger partial charge is 0.411 e. The number of carbonyl (C=O) groups is 1. The number of amides is 1. The van der Waals surface area contributed by atoms with Crippen molar-refractivity contribution in [3.8, 4) is 0 Å². The third-order valence-corrected chi connectivity index (χ3v) is 2.53. The number of carbonyl (C=O) groups excluding carboxylic acids is 1. The summed E-state index contributed by atoms with van der Waals surface area (Å²) in [6, 6.07) is 8.61. The maximum absolute atomic E-state index is 11.9. The van der Waals surface area contributed by atoms with Crippen LogP contribution in [0.2, 0.25) is 0 Å². The van der Waals surface area contributed by atoms with Crippen molar-refractivity contribution in [3.05, 3.63) is 53.9 Å². The monoisotopic (exact) mass is 256 g/mol. The quantitative estimate of drug-likeness (QED) is 0.499. The summed E-state index contributed by atoms with van der Waals surface area (Å²) in [5.41, 5.74) is 2.24. The molecule has 0 unspecified atom stereocenters. The highest BCUT2D eigenvalue weighted by Gasteiger charge is 2.07. The van der Waals surface area contributed by atoms with Crippen molar-refractivity contribution in [1.29, 1.82) is 0 Å². The Morgan fingerprint density at radius 3 is 2.79 bits per heavy atom. The van der Waals surface area contributed by atoms with E-state index in [0.717, 1.165) is 5.56 Å². The molecule has 96 valence electrons. The number of benzene rings is 1. The van der Waals surface area contributed by atoms with E-state index in [4.69, 9.17) is 5.21 Å². The van der Waals surface area contributed by atoms with E-state index >= 15 is 0 Å². The summed E-state index contributed by atoms with van der Waals surface area (Å²) in [7, 11) is 0. The van der Waals surface area contributed by atoms with Crippen LogP contribution in [0.25, 0.3) is 0 Å². The van der Waals surface area contributed by atoms with Crippen molar-refractivity contribution >= 4 is 17.3 Å². The SMILES string of the molecule is C/C(=N/O)c1cccc(NC(=O)c2ccnnc2)c1. The summed E-state index contributed by atoms with van der Waals surface area (Å²) in [5, 5.41) is 21.8. The molecule has 1 aromatic carbocycles. The molecule has 0 bridgehead atoms. The Hall–Kier alpha value is -2.76. The number of hydrogen-bond acceptors (Lipinski definition) is 5. The lowest BCUT2D eigenvalue weighted by atomic mass is 10.1. The number of oxime groups is 1. The average molecular weight is 256 g/mol. The van der Waals surface area contributed by atoms with E-state index in [2.05, 4.69) is 20.7 Å². The van der Waals surface area contributed by atoms with Crippen molar-refractivity contribution in [1.82, 2.24) is 10.2 Å². The summed E-state index contributed by atoms with van der Waals surface area (Å²) in [6.07, 6.45) is 2.84. The molecule has 0 aliphatic carbocycles. The second-order valence-corrected chi connectivity index (χ2v) is 3.85. The smallest absolute Gasteiger partial charge is 0.257 e. The van der Waals surface area contributed by atoms with Crippen molar-refractivity contribution < 1.29 is 10.0 Å². The van der Waals surface area contributed by atoms with Crippen LogP contribution in [-0.4, -0.2) is 27.0 Å². The molecule has 0 atom stereocenters. The molecule has 6 heteroatoms. The van der Waals surface area contributed by atoms with Gasteiger partial charge in [-0.25, -0.2) is 0 Å². The molecule has 2 aromatic rings. The molecule has 6 nitrogen and oxygen atoms in total. The van der Waals surface area contributed by atoms with Gasteiger partial charge in [-0.3, -0.25) is 4.79 Å². The maximum atomic E-state index is 11.9. The lowest BCUT2D eigenvalue weighted by Crippen LogP contribution is -2.12. The van der Waals surface area contributed by atoms with Gasteiger partial charge in [-0.1, -0.05) is 17.3 Å². The third-order valence-electron chi connectivity index (χ3n) is 2.53. The Kier molecular flexibility index (Phi) is 3.82. The fourth-order valence-corrected chi connectivity index (χ4v) is 1.51. The first-order valence-corrected chi connectivity index (χ1v) is 5.58. The second kappa shape index (κ2) is 5.72. The summed E-state index contributed by atoms with van der Waals surface area (Å²) in [5.74, 6) is -0.273. The van der Waals surface area contributed by atoms with Crippen LogP contribution in [0.3, 0.4) is 0 Å². The Bertz CT molecular complexity index is 611. The van der Waals surface area contributed by atoms with Gasteiger partial charge in [0, 0.05) is 11.3 Å². The van der Waals surface area contributed by atoms with Crippen LogP contribution in [0.15, 0.2) is 47.9 Å². The number of aromatic nitrogens is 2. The van der Waals surface area contributed by atoms with E-state index in [1.165, 1.54) is 12.4 Å². The lowest BCUT2D eigenvalue weighted by Gasteiger charge is -2.06. The fraction of sp³-hybridized carbons (Fsp3) is 0.0769. The minimum Gasteiger partial charge on any atom is -0.411 e. The normalized spacial score (nSPS) is 11.1. The Morgan fingerprint density at radius 1 is 1.26 bits per heavy atom. The maximum Gasteiger partial charge on any atom is 0.257 e. The van der Waals surface area contributed by atoms with Gasteiger partial charge in [0.05, 0.1) is 23.7 Å². The molecule has 0 aliphatic rings. The molecule has 2 rings (SSSR count). The third kappa shape index (κ3) is 3.12. The molecule has 0 fully saturated rings. The molecule has 0 aliphatic heterocycles. The van der Waals surface area contributed by atoms with Gasteiger partial charge in [-0.15, -0.1) is 0 Å². The minimum atomic E-state index is -0.273. The number of nitrogens with zero attached hydrogens (tertiary/aromatic N) is 3. The average Bonchev–Trinajstić information content (AvgIpc) is 2.47. The highest BCUT2D eigenvalue weighted by molar-refractivity contribution is 6.05. The summed E-state index contributed by atoms with van der Waals surface area (Å²) >= 11 is 0. The van der Waals surface area contributed by atoms with Crippen molar-refractivity contribution in [2.75, 3.05) is 5.32 Å². The first-order valence-electron chi connectivity index (χ1n) is 5.58. The molecule has 1 amide bonds. The van der Waals surface area contributed by atoms with E-state index in [9.17, 15) is 4.79 Å². The van der Waals surface area contributed by atoms with E-state index < -0.39 is 0 Å². The Labute approximate surface area is 109 Å². The Morgan fingerprint density at radius 2 is 2.11 bits per heavy atom. The first-order chi connectivity index (χ1) is 9.20. The molecule has 0 saturated heterocycles. The molecular weight excluding hydrogens is 244 g/mol. The predicted molar refractivity (Wildman–Crippen MR) is 70.4 cm³/mol. The van der Waals surface area contributed by atoms with Gasteiger partial charge in [0.1, 0.15) is 0 Å². The van der Waals surface area contributed by atoms with Gasteiger partial charge in [-0.05, 0) is 25.1 Å². The van der Waals surface area contributed by atoms with Gasteiger partial charge >= 0.3 is 0 Å². The van der Waals surface area contributed by atoms with Gasteiger partial charge < -0.3 is 10.5 Å². The zero-order valence-corrected chi connectivity index (χ0v) is 10.2. The van der Waals surface area contributed by atoms with Crippen LogP contribution >= 0.6 is 0 Å². The van der Waals surface area contributed by atoms with E-state index in [1.807, 2.05) is 0 Å². The number of rotatable bonds is 3. The van der Waals surface area contributed by atoms with Crippen LogP contribution in [0.5, 0.6) is 0 Å². The van der Waals surface area contributed by atoms with Gasteiger partial charge in [-0.2, -0.15) is 10.2 Å². The summed E-state index contributed by atoms with van der Waals surface area (Å²) in [6.45, 7) is 1.67. The number of hydrogen-bond donors (Lipinski definition) is 2. The van der Waals surface area contributed by atoms with E-state index in [1.54, 1.807) is 37.3 Å². The lowest BCUT2D eigenvalue weighted by molar-refractivity contribution is 0.102. The standard InChI is InChI=1S/C13H12N4O2/c1-9(17-19)10-3-2-4-12(7-10)16-13(18)11-5-6-14-15-8-11/h2-8,19H,1H3,(H,16,18)/b17-9-. The second-order valence-electron chi connectivity index (χ2n) is 3.85. The highest BCUT2D eigenvalue weighted by atomic mass is 16.4. The van der Waals surface area contributed by atoms with E-state index in [-0.39, 0.29) is 5.91 Å². The van der Waals surface area contributed by atoms with Crippen LogP contribution in [-0.2, 0) is 0 Å². The Balaban J connectivity index is 2.18. The molecule has 0 spiro atoms. The molecule has 19 heavy (non-hydrogen) atoms. The van der Waals surface area contributed by atoms with Crippen LogP contribution in [0.1, 0.15) is 22.8 Å². The van der Waals surface area contributed by atoms with Crippen molar-refractivity contribution in [2.24, 2.45) is 5.16 Å². The molecule has 1 heterocycles. The zero-order chi connectivity index (χ0) is 13.7. The van der Waals surface area contributed by atoms with Gasteiger partial charge in [0.2, 0.25) is 0 Å². The predicted octanol–water partition coefficient (Wildman–Crippen LogP) is 1.93. The number of anilines is 1. The topological polar surface area (TPSA) is 87.5 Å². The highest BCUT2D eigenvalue weighted by Crippen LogP contribution is 2.12. The fourth-order valence-electron chi connectivity index (χ4n) is 1.51. The zero-order valence-electron chi connectivity index (χ0n) is 10.2. The summed E-state index contributed by atoms with van der Waals surface area (Å²) in [4.78, 5) is 11.9. The van der Waals surface area contributed by atoms with Crippen molar-refractivity contribution in [3.63, 3.8) is 0 Å². The number of nitrogens with one attached hydrogen (secondary N) is 1. The summed E-state index contributed by atoms with van der Waals surface area (Å²) < 4.78 is 0. The molecular formula is C13H12N4O2. The van der Waals surface area contributed by atoms with Gasteiger partial charge in [0.25, 0.3) is 5.91 Å². The minimum absolute atomic E-state index is 0.273. The molecule has 1 aromatic heterocycles. The molecule has 0 radical (unpaired) electrons. The van der Waals surface area contributed by atoms with Crippen LogP contribution in [0, 0.1) is 0 Å². The molecule has 0 saturated carbocycles. The van der Waals surface area contributed by atoms with Crippen LogP contribution in [0.4, 0.5) is 5.69 Å². The first kappa shape index (κ1) is 12.7. The van der Waals surface area contributed by atoms with E-state index in [0.29, 0.717) is 17.0 Å². The van der Waals surface area contributed by atoms with Crippen LogP contribution < -0.4 is 5.32 Å². The van der Waals surface area contributed by atoms with Gasteiger partial charge in [0.15, 0.2) is 0 Å². The molecule has 2 N–H and O–H groups in total. The van der Waals surface area contributed by atoms with Crippen molar-refractivity contribution in [2.45, 2.75) is 6.92 Å².